The fourth-order valence-electron chi connectivity index (χ4n) is 4.31. The molecule has 1 aliphatic heterocycles. The zero-order valence-corrected chi connectivity index (χ0v) is 15.4. The van der Waals surface area contributed by atoms with Crippen LogP contribution in [0, 0.1) is 17.1 Å². The lowest BCUT2D eigenvalue weighted by Crippen LogP contribution is -2.65. The Kier molecular flexibility index (Phi) is 4.97. The van der Waals surface area contributed by atoms with E-state index < -0.39 is 23.8 Å². The van der Waals surface area contributed by atoms with Crippen molar-refractivity contribution in [2.45, 2.75) is 37.3 Å². The third-order valence-electron chi connectivity index (χ3n) is 5.74. The summed E-state index contributed by atoms with van der Waals surface area (Å²) >= 11 is 0. The van der Waals surface area contributed by atoms with Gasteiger partial charge in [0.1, 0.15) is 11.9 Å². The van der Waals surface area contributed by atoms with E-state index in [2.05, 4.69) is 12.1 Å². The highest BCUT2D eigenvalue weighted by atomic mass is 19.1. The Bertz CT molecular complexity index is 961. The van der Waals surface area contributed by atoms with Crippen molar-refractivity contribution in [2.75, 3.05) is 6.61 Å². The van der Waals surface area contributed by atoms with E-state index in [1.807, 2.05) is 24.3 Å². The third-order valence-corrected chi connectivity index (χ3v) is 5.74. The van der Waals surface area contributed by atoms with Gasteiger partial charge in [0.05, 0.1) is 18.7 Å². The second-order valence-electron chi connectivity index (χ2n) is 7.32. The lowest BCUT2D eigenvalue weighted by atomic mass is 9.75. The maximum Gasteiger partial charge on any atom is 0.255 e. The molecule has 4 rings (SSSR count). The summed E-state index contributed by atoms with van der Waals surface area (Å²) in [4.78, 5) is 14.2. The number of amides is 1. The summed E-state index contributed by atoms with van der Waals surface area (Å²) in [5, 5.41) is 19.6. The molecule has 1 amide bonds. The third kappa shape index (κ3) is 3.10. The van der Waals surface area contributed by atoms with Gasteiger partial charge in [0.2, 0.25) is 0 Å². The van der Waals surface area contributed by atoms with Crippen LogP contribution in [0.25, 0.3) is 5.57 Å². The van der Waals surface area contributed by atoms with E-state index in [1.54, 1.807) is 0 Å². The number of hydrogen-bond acceptors (Lipinski definition) is 3. The normalized spacial score (nSPS) is 23.7. The molecule has 2 aromatic carbocycles. The first-order valence-electron chi connectivity index (χ1n) is 9.52. The predicted octanol–water partition coefficient (Wildman–Crippen LogP) is 3.89. The maximum atomic E-state index is 13.5. The van der Waals surface area contributed by atoms with Crippen molar-refractivity contribution in [3.8, 4) is 6.07 Å². The average Bonchev–Trinajstić information content (AvgIpc) is 3.23. The summed E-state index contributed by atoms with van der Waals surface area (Å²) in [5.74, 6) is -1.21. The molecule has 4 nitrogen and oxygen atoms in total. The number of aliphatic hydroxyl groups is 1. The van der Waals surface area contributed by atoms with E-state index in [4.69, 9.17) is 0 Å². The summed E-state index contributed by atoms with van der Waals surface area (Å²) in [5.41, 5.74) is 3.64. The Labute approximate surface area is 163 Å². The van der Waals surface area contributed by atoms with Crippen LogP contribution >= 0.6 is 0 Å². The molecule has 1 heterocycles. The van der Waals surface area contributed by atoms with E-state index in [0.717, 1.165) is 24.5 Å². The summed E-state index contributed by atoms with van der Waals surface area (Å²) in [6, 6.07) is 14.5. The minimum Gasteiger partial charge on any atom is -0.394 e. The fraction of sp³-hybridized carbons (Fsp3) is 0.304. The van der Waals surface area contributed by atoms with Crippen LogP contribution in [0.3, 0.4) is 0 Å². The zero-order valence-electron chi connectivity index (χ0n) is 15.4. The van der Waals surface area contributed by atoms with E-state index in [-0.39, 0.29) is 18.1 Å². The number of carbonyl (C=O) groups excluding carboxylic acids is 1. The van der Waals surface area contributed by atoms with Gasteiger partial charge in [-0.1, -0.05) is 36.4 Å². The van der Waals surface area contributed by atoms with Crippen molar-refractivity contribution < 1.29 is 14.3 Å². The second-order valence-corrected chi connectivity index (χ2v) is 7.32. The van der Waals surface area contributed by atoms with E-state index in [0.29, 0.717) is 0 Å². The van der Waals surface area contributed by atoms with E-state index >= 15 is 0 Å². The van der Waals surface area contributed by atoms with Crippen molar-refractivity contribution in [1.82, 2.24) is 4.90 Å². The number of nitrogens with zero attached hydrogens (tertiary/aromatic N) is 2. The van der Waals surface area contributed by atoms with Crippen LogP contribution in [-0.4, -0.2) is 34.6 Å². The molecule has 0 spiro atoms. The maximum absolute atomic E-state index is 13.5. The van der Waals surface area contributed by atoms with Crippen LogP contribution in [0.5, 0.6) is 0 Å². The van der Waals surface area contributed by atoms with Gasteiger partial charge >= 0.3 is 0 Å². The number of aliphatic hydroxyl groups excluding tert-OH is 1. The van der Waals surface area contributed by atoms with Crippen LogP contribution in [0.4, 0.5) is 4.39 Å². The first kappa shape index (κ1) is 18.4. The Morgan fingerprint density at radius 1 is 1.25 bits per heavy atom. The van der Waals surface area contributed by atoms with Crippen LogP contribution in [0.1, 0.15) is 46.7 Å². The number of rotatable bonds is 4. The van der Waals surface area contributed by atoms with Crippen LogP contribution in [-0.2, 0) is 0 Å². The molecule has 0 aromatic heterocycles. The molecule has 2 aliphatic rings. The van der Waals surface area contributed by atoms with Gasteiger partial charge in [-0.2, -0.15) is 5.26 Å². The molecule has 142 valence electrons. The monoisotopic (exact) mass is 376 g/mol. The molecule has 0 saturated carbocycles. The highest BCUT2D eigenvalue weighted by Gasteiger charge is 2.51. The van der Waals surface area contributed by atoms with E-state index in [1.165, 1.54) is 40.7 Å². The van der Waals surface area contributed by atoms with Gasteiger partial charge in [-0.3, -0.25) is 4.79 Å². The molecule has 3 atom stereocenters. The minimum atomic E-state index is -0.690. The molecule has 0 unspecified atom stereocenters. The largest absolute Gasteiger partial charge is 0.394 e. The Morgan fingerprint density at radius 2 is 2.04 bits per heavy atom. The molecule has 5 heteroatoms. The summed E-state index contributed by atoms with van der Waals surface area (Å²) < 4.78 is 13.5. The SMILES string of the molecule is N#C[C@H]1[C@@H](c2ccc(C3=CCCC3)cc2)[C@@H](CO)N1C(=O)c1cccc(F)c1. The molecule has 28 heavy (non-hydrogen) atoms. The number of halogens is 1. The van der Waals surface area contributed by atoms with Crippen molar-refractivity contribution in [2.24, 2.45) is 0 Å². The molecule has 0 bridgehead atoms. The minimum absolute atomic E-state index is 0.181. The Morgan fingerprint density at radius 3 is 2.64 bits per heavy atom. The smallest absolute Gasteiger partial charge is 0.255 e. The number of likely N-dealkylation sites (tertiary alicyclic amines) is 1. The molecular weight excluding hydrogens is 355 g/mol. The second kappa shape index (κ2) is 7.57. The lowest BCUT2D eigenvalue weighted by molar-refractivity contribution is -0.00588. The molecule has 0 radical (unpaired) electrons. The van der Waals surface area contributed by atoms with Crippen molar-refractivity contribution >= 4 is 11.5 Å². The first-order chi connectivity index (χ1) is 13.6. The molecule has 1 N–H and O–H groups in total. The fourth-order valence-corrected chi connectivity index (χ4v) is 4.31. The van der Waals surface area contributed by atoms with Gasteiger partial charge in [0, 0.05) is 11.5 Å². The zero-order chi connectivity index (χ0) is 19.7. The van der Waals surface area contributed by atoms with Crippen LogP contribution < -0.4 is 0 Å². The molecular formula is C23H21FN2O2. The van der Waals surface area contributed by atoms with Crippen LogP contribution in [0.2, 0.25) is 0 Å². The standard InChI is InChI=1S/C23H21FN2O2/c24-19-7-3-6-18(12-19)23(28)26-20(13-25)22(21(26)14-27)17-10-8-16(9-11-17)15-4-1-2-5-15/h3-4,6-12,20-22,27H,1-2,5,14H2/t20-,21+,22+/m0/s1. The molecule has 1 fully saturated rings. The van der Waals surface area contributed by atoms with Crippen LogP contribution in [0.15, 0.2) is 54.6 Å². The van der Waals surface area contributed by atoms with Crippen molar-refractivity contribution in [3.05, 3.63) is 77.1 Å². The van der Waals surface area contributed by atoms with Crippen molar-refractivity contribution in [3.63, 3.8) is 0 Å². The number of allylic oxidation sites excluding steroid dienone is 2. The van der Waals surface area contributed by atoms with Gasteiger partial charge < -0.3 is 10.0 Å². The van der Waals surface area contributed by atoms with E-state index in [9.17, 15) is 19.6 Å². The number of nitriles is 1. The topological polar surface area (TPSA) is 64.3 Å². The Hall–Kier alpha value is -2.97. The first-order valence-corrected chi connectivity index (χ1v) is 9.52. The Balaban J connectivity index is 1.58. The predicted molar refractivity (Wildman–Crippen MR) is 104 cm³/mol. The lowest BCUT2D eigenvalue weighted by Gasteiger charge is -2.51. The van der Waals surface area contributed by atoms with Gasteiger partial charge in [0.15, 0.2) is 0 Å². The van der Waals surface area contributed by atoms with Gasteiger partial charge in [-0.05, 0) is 54.2 Å². The quantitative estimate of drug-likeness (QED) is 0.881. The number of hydrogen-bond donors (Lipinski definition) is 1. The summed E-state index contributed by atoms with van der Waals surface area (Å²) in [6.07, 6.45) is 5.63. The van der Waals surface area contributed by atoms with Gasteiger partial charge in [-0.25, -0.2) is 4.39 Å². The highest BCUT2D eigenvalue weighted by Crippen LogP contribution is 2.42. The summed E-state index contributed by atoms with van der Waals surface area (Å²) in [7, 11) is 0. The van der Waals surface area contributed by atoms with Gasteiger partial charge in [0.25, 0.3) is 5.91 Å². The number of benzene rings is 2. The average molecular weight is 376 g/mol. The van der Waals surface area contributed by atoms with Crippen molar-refractivity contribution in [1.29, 1.82) is 5.26 Å². The summed E-state index contributed by atoms with van der Waals surface area (Å²) in [6.45, 7) is -0.253. The molecule has 2 aromatic rings. The molecule has 1 saturated heterocycles. The van der Waals surface area contributed by atoms with Gasteiger partial charge in [-0.15, -0.1) is 0 Å². The number of carbonyl (C=O) groups is 1. The molecule has 1 aliphatic carbocycles. The highest BCUT2D eigenvalue weighted by molar-refractivity contribution is 5.95.